The van der Waals surface area contributed by atoms with E-state index in [1.807, 2.05) is 13.8 Å². The van der Waals surface area contributed by atoms with Gasteiger partial charge in [0.2, 0.25) is 0 Å². The van der Waals surface area contributed by atoms with E-state index in [0.29, 0.717) is 18.6 Å². The predicted octanol–water partition coefficient (Wildman–Crippen LogP) is 5.39. The van der Waals surface area contributed by atoms with Gasteiger partial charge in [0.1, 0.15) is 16.6 Å². The first-order valence-electron chi connectivity index (χ1n) is 10.9. The average molecular weight is 526 g/mol. The fraction of sp³-hybridized carbons (Fsp3) is 0.360. The zero-order valence-corrected chi connectivity index (χ0v) is 21.2. The molecular weight excluding hydrogens is 500 g/mol. The third-order valence-electron chi connectivity index (χ3n) is 5.51. The Labute approximate surface area is 213 Å². The number of amides is 1. The minimum Gasteiger partial charge on any atom is -0.507 e. The number of aliphatic hydroxyl groups excluding tert-OH is 1. The van der Waals surface area contributed by atoms with Crippen LogP contribution in [0.1, 0.15) is 37.4 Å². The summed E-state index contributed by atoms with van der Waals surface area (Å²) in [5.74, 6) is -2.56. The summed E-state index contributed by atoms with van der Waals surface area (Å²) in [5.41, 5.74) is 0.264. The summed E-state index contributed by atoms with van der Waals surface area (Å²) in [6, 6.07) is 5.73. The number of ether oxygens (including phenoxy) is 3. The molecule has 0 aliphatic carbocycles. The van der Waals surface area contributed by atoms with E-state index >= 15 is 0 Å². The van der Waals surface area contributed by atoms with Crippen LogP contribution in [0.25, 0.3) is 5.76 Å². The van der Waals surface area contributed by atoms with Gasteiger partial charge in [0.15, 0.2) is 11.5 Å². The lowest BCUT2D eigenvalue weighted by Crippen LogP contribution is -2.31. The van der Waals surface area contributed by atoms with Crippen LogP contribution in [-0.4, -0.2) is 55.2 Å². The first-order chi connectivity index (χ1) is 16.6. The van der Waals surface area contributed by atoms with Crippen molar-refractivity contribution in [2.24, 2.45) is 0 Å². The lowest BCUT2D eigenvalue weighted by atomic mass is 9.95. The fourth-order valence-corrected chi connectivity index (χ4v) is 4.63. The maximum absolute atomic E-state index is 13.6. The third-order valence-corrected chi connectivity index (χ3v) is 6.14. The Morgan fingerprint density at radius 1 is 1.11 bits per heavy atom. The van der Waals surface area contributed by atoms with Gasteiger partial charge in [-0.2, -0.15) is 0 Å². The van der Waals surface area contributed by atoms with E-state index in [2.05, 4.69) is 0 Å². The second kappa shape index (κ2) is 11.3. The molecule has 1 N–H and O–H groups in total. The lowest BCUT2D eigenvalue weighted by Gasteiger charge is -2.25. The van der Waals surface area contributed by atoms with Gasteiger partial charge in [0.05, 0.1) is 42.5 Å². The predicted molar refractivity (Wildman–Crippen MR) is 131 cm³/mol. The first kappa shape index (κ1) is 26.8. The van der Waals surface area contributed by atoms with Gasteiger partial charge >= 0.3 is 0 Å². The van der Waals surface area contributed by atoms with Crippen molar-refractivity contribution in [3.8, 4) is 11.5 Å². The summed E-state index contributed by atoms with van der Waals surface area (Å²) in [7, 11) is 2.70. The molecule has 0 radical (unpaired) electrons. The molecule has 0 aromatic heterocycles. The van der Waals surface area contributed by atoms with Gasteiger partial charge in [-0.3, -0.25) is 9.59 Å². The second-order valence-electron chi connectivity index (χ2n) is 8.10. The van der Waals surface area contributed by atoms with Crippen LogP contribution < -0.4 is 9.47 Å². The molecule has 1 aliphatic heterocycles. The van der Waals surface area contributed by atoms with Crippen LogP contribution in [0.15, 0.2) is 35.9 Å². The van der Waals surface area contributed by atoms with Crippen molar-refractivity contribution < 1.29 is 33.3 Å². The van der Waals surface area contributed by atoms with Crippen LogP contribution in [-0.2, 0) is 14.3 Å². The topological polar surface area (TPSA) is 85.3 Å². The number of methoxy groups -OCH3 is 2. The molecule has 188 valence electrons. The number of carbonyl (C=O) groups is 2. The number of benzene rings is 2. The summed E-state index contributed by atoms with van der Waals surface area (Å²) in [4.78, 5) is 27.5. The van der Waals surface area contributed by atoms with Gasteiger partial charge in [-0.1, -0.05) is 35.3 Å². The highest BCUT2D eigenvalue weighted by atomic mass is 35.5. The summed E-state index contributed by atoms with van der Waals surface area (Å²) >= 11 is 12.6. The molecule has 1 saturated heterocycles. The van der Waals surface area contributed by atoms with Gasteiger partial charge in [-0.05, 0) is 44.0 Å². The zero-order valence-electron chi connectivity index (χ0n) is 19.7. The average Bonchev–Trinajstić information content (AvgIpc) is 3.06. The van der Waals surface area contributed by atoms with Crippen LogP contribution in [0.5, 0.6) is 11.5 Å². The van der Waals surface area contributed by atoms with E-state index in [1.54, 1.807) is 0 Å². The van der Waals surface area contributed by atoms with Crippen LogP contribution in [0, 0.1) is 5.82 Å². The number of nitrogens with zero attached hydrogens (tertiary/aromatic N) is 1. The van der Waals surface area contributed by atoms with Gasteiger partial charge in [-0.15, -0.1) is 0 Å². The van der Waals surface area contributed by atoms with E-state index in [4.69, 9.17) is 37.4 Å². The molecule has 1 aliphatic rings. The number of halogens is 3. The molecule has 10 heteroatoms. The van der Waals surface area contributed by atoms with E-state index in [1.165, 1.54) is 49.5 Å². The maximum Gasteiger partial charge on any atom is 0.295 e. The number of hydrogen-bond acceptors (Lipinski definition) is 6. The van der Waals surface area contributed by atoms with Crippen molar-refractivity contribution in [3.05, 3.63) is 62.9 Å². The summed E-state index contributed by atoms with van der Waals surface area (Å²) in [6.07, 6.45) is 0.460. The van der Waals surface area contributed by atoms with E-state index < -0.39 is 29.3 Å². The van der Waals surface area contributed by atoms with Crippen LogP contribution in [0.3, 0.4) is 0 Å². The van der Waals surface area contributed by atoms with Crippen molar-refractivity contribution in [2.75, 3.05) is 27.4 Å². The van der Waals surface area contributed by atoms with Crippen molar-refractivity contribution in [1.82, 2.24) is 4.90 Å². The molecule has 2 aromatic rings. The first-order valence-corrected chi connectivity index (χ1v) is 11.6. The van der Waals surface area contributed by atoms with Crippen molar-refractivity contribution in [3.63, 3.8) is 0 Å². The summed E-state index contributed by atoms with van der Waals surface area (Å²) in [5, 5.41) is 11.4. The van der Waals surface area contributed by atoms with E-state index in [9.17, 15) is 19.1 Å². The minimum atomic E-state index is -0.973. The Hall–Kier alpha value is -2.81. The summed E-state index contributed by atoms with van der Waals surface area (Å²) < 4.78 is 29.7. The Balaban J connectivity index is 2.16. The molecule has 1 heterocycles. The van der Waals surface area contributed by atoms with E-state index in [0.717, 1.165) is 0 Å². The number of carbonyl (C=O) groups excluding carboxylic acids is 2. The molecule has 0 spiro atoms. The van der Waals surface area contributed by atoms with E-state index in [-0.39, 0.29) is 45.3 Å². The number of ketones is 1. The number of aliphatic hydroxyl groups is 1. The van der Waals surface area contributed by atoms with Gasteiger partial charge in [0.25, 0.3) is 11.7 Å². The third kappa shape index (κ3) is 5.39. The number of rotatable bonds is 9. The van der Waals surface area contributed by atoms with Crippen LogP contribution in [0.2, 0.25) is 10.0 Å². The molecule has 35 heavy (non-hydrogen) atoms. The molecule has 7 nitrogen and oxygen atoms in total. The Morgan fingerprint density at radius 3 is 2.31 bits per heavy atom. The molecule has 3 rings (SSSR count). The molecule has 2 aromatic carbocycles. The Kier molecular flexibility index (Phi) is 8.64. The van der Waals surface area contributed by atoms with Gasteiger partial charge in [-0.25, -0.2) is 4.39 Å². The molecular formula is C25H26Cl2FNO6. The molecule has 0 saturated carbocycles. The quantitative estimate of drug-likeness (QED) is 0.204. The normalized spacial score (nSPS) is 17.4. The second-order valence-corrected chi connectivity index (χ2v) is 8.89. The number of hydrogen-bond donors (Lipinski definition) is 1. The smallest absolute Gasteiger partial charge is 0.295 e. The van der Waals surface area contributed by atoms with Crippen LogP contribution in [0.4, 0.5) is 4.39 Å². The van der Waals surface area contributed by atoms with Crippen molar-refractivity contribution in [2.45, 2.75) is 32.4 Å². The Bertz CT molecular complexity index is 1150. The number of likely N-dealkylation sites (tertiary alicyclic amines) is 1. The van der Waals surface area contributed by atoms with Crippen molar-refractivity contribution in [1.29, 1.82) is 0 Å². The molecule has 1 atom stereocenters. The lowest BCUT2D eigenvalue weighted by molar-refractivity contribution is -0.140. The number of Topliss-reactive ketones (excluding diaryl/α,β-unsaturated/α-hetero) is 1. The minimum absolute atomic E-state index is 0.00958. The largest absolute Gasteiger partial charge is 0.507 e. The Morgan fingerprint density at radius 2 is 1.74 bits per heavy atom. The van der Waals surface area contributed by atoms with Gasteiger partial charge in [0, 0.05) is 13.2 Å². The standard InChI is InChI=1S/C25H26Cl2FNO6/c1-13(2)35-11-5-10-29-20(14-6-8-15(28)9-7-14)18(22(31)25(29)32)21(30)16-12-17(26)24(34-4)19(27)23(16)33-3/h6-9,12-13,20,30H,5,10-11H2,1-4H3/b21-18+. The fourth-order valence-electron chi connectivity index (χ4n) is 3.95. The zero-order chi connectivity index (χ0) is 25.9. The highest BCUT2D eigenvalue weighted by Gasteiger charge is 2.46. The SMILES string of the molecule is COc1c(Cl)cc(/C(O)=C2\C(=O)C(=O)N(CCCOC(C)C)C2c2ccc(F)cc2)c(OC)c1Cl. The molecule has 1 unspecified atom stereocenters. The maximum atomic E-state index is 13.6. The molecule has 1 fully saturated rings. The van der Waals surface area contributed by atoms with Crippen molar-refractivity contribution >= 4 is 40.7 Å². The monoisotopic (exact) mass is 525 g/mol. The molecule has 1 amide bonds. The van der Waals surface area contributed by atoms with Gasteiger partial charge < -0.3 is 24.2 Å². The van der Waals surface area contributed by atoms with Crippen LogP contribution >= 0.6 is 23.2 Å². The highest BCUT2D eigenvalue weighted by molar-refractivity contribution is 6.47. The summed E-state index contributed by atoms with van der Waals surface area (Å²) in [6.45, 7) is 4.33. The molecule has 0 bridgehead atoms. The highest BCUT2D eigenvalue weighted by Crippen LogP contribution is 2.47.